The third kappa shape index (κ3) is 4.68. The Morgan fingerprint density at radius 3 is 1.62 bits per heavy atom. The minimum atomic E-state index is 0.883. The van der Waals surface area contributed by atoms with Gasteiger partial charge < -0.3 is 14.2 Å². The van der Waals surface area contributed by atoms with Gasteiger partial charge in [-0.15, -0.1) is 0 Å². The van der Waals surface area contributed by atoms with Crippen LogP contribution in [0.1, 0.15) is 5.56 Å². The number of hydrogen-bond acceptors (Lipinski definition) is 3. The van der Waals surface area contributed by atoms with E-state index in [1.165, 1.54) is 27.1 Å². The topological polar surface area (TPSA) is 19.6 Å². The highest BCUT2D eigenvalue weighted by Crippen LogP contribution is 2.46. The summed E-state index contributed by atoms with van der Waals surface area (Å²) in [6.07, 6.45) is 0. The smallest absolute Gasteiger partial charge is 0.135 e. The summed E-state index contributed by atoms with van der Waals surface area (Å²) in [5.41, 5.74) is 9.59. The van der Waals surface area contributed by atoms with Gasteiger partial charge in [0.1, 0.15) is 11.2 Å². The standard InChI is InChI=1S/C45H32N2O/c1-31-25-26-36(30-43(31)47(34-17-3-2-4-18-34)42-23-12-16-33-14-6-8-20-38(33)42)46(41-22-11-15-32-13-5-7-19-37(32)41)35-27-28-45-40(29-35)39-21-9-10-24-44(39)48-45/h2-30H,1H3. The zero-order chi connectivity index (χ0) is 32.0. The Morgan fingerprint density at radius 2 is 0.896 bits per heavy atom. The fraction of sp³-hybridized carbons (Fsp3) is 0.0222. The van der Waals surface area contributed by atoms with Gasteiger partial charge >= 0.3 is 0 Å². The minimum absolute atomic E-state index is 0.883. The molecule has 1 aromatic heterocycles. The number of para-hydroxylation sites is 2. The summed E-state index contributed by atoms with van der Waals surface area (Å²) in [6, 6.07) is 62.7. The number of aryl methyl sites for hydroxylation is 1. The Labute approximate surface area is 279 Å². The molecule has 0 aliphatic carbocycles. The van der Waals surface area contributed by atoms with Crippen LogP contribution in [0.5, 0.6) is 0 Å². The number of fused-ring (bicyclic) bond motifs is 5. The molecule has 0 radical (unpaired) electrons. The van der Waals surface area contributed by atoms with Crippen molar-refractivity contribution in [2.24, 2.45) is 0 Å². The van der Waals surface area contributed by atoms with Crippen molar-refractivity contribution in [1.82, 2.24) is 0 Å². The normalized spacial score (nSPS) is 11.4. The molecule has 0 saturated heterocycles. The Hall–Kier alpha value is -6.32. The maximum Gasteiger partial charge on any atom is 0.135 e. The fourth-order valence-electron chi connectivity index (χ4n) is 7.05. The average Bonchev–Trinajstić information content (AvgIpc) is 3.52. The minimum Gasteiger partial charge on any atom is -0.456 e. The number of nitrogens with zero attached hydrogens (tertiary/aromatic N) is 2. The van der Waals surface area contributed by atoms with Gasteiger partial charge in [0, 0.05) is 38.6 Å². The Morgan fingerprint density at radius 1 is 0.354 bits per heavy atom. The van der Waals surface area contributed by atoms with Crippen molar-refractivity contribution in [3.63, 3.8) is 0 Å². The van der Waals surface area contributed by atoms with Crippen LogP contribution in [0.2, 0.25) is 0 Å². The quantitative estimate of drug-likeness (QED) is 0.185. The van der Waals surface area contributed by atoms with Crippen molar-refractivity contribution in [2.75, 3.05) is 9.80 Å². The van der Waals surface area contributed by atoms with Crippen LogP contribution in [0.15, 0.2) is 180 Å². The van der Waals surface area contributed by atoms with Gasteiger partial charge in [-0.2, -0.15) is 0 Å². The highest BCUT2D eigenvalue weighted by Gasteiger charge is 2.22. The molecule has 9 rings (SSSR count). The Bertz CT molecular complexity index is 2590. The van der Waals surface area contributed by atoms with Crippen LogP contribution in [0.3, 0.4) is 0 Å². The molecule has 48 heavy (non-hydrogen) atoms. The predicted octanol–water partition coefficient (Wildman–Crippen LogP) is 13.1. The summed E-state index contributed by atoms with van der Waals surface area (Å²) in [7, 11) is 0. The van der Waals surface area contributed by atoms with E-state index in [0.29, 0.717) is 0 Å². The summed E-state index contributed by atoms with van der Waals surface area (Å²) in [4.78, 5) is 4.79. The lowest BCUT2D eigenvalue weighted by molar-refractivity contribution is 0.669. The van der Waals surface area contributed by atoms with Crippen molar-refractivity contribution in [3.8, 4) is 0 Å². The SMILES string of the molecule is Cc1ccc(N(c2ccc3oc4ccccc4c3c2)c2cccc3ccccc23)cc1N(c1ccccc1)c1cccc2ccccc12. The van der Waals surface area contributed by atoms with Crippen LogP contribution in [0.25, 0.3) is 43.5 Å². The molecule has 9 aromatic rings. The first-order valence-electron chi connectivity index (χ1n) is 16.4. The Balaban J connectivity index is 1.31. The summed E-state index contributed by atoms with van der Waals surface area (Å²) in [5.74, 6) is 0. The number of benzene rings is 8. The van der Waals surface area contributed by atoms with Crippen LogP contribution < -0.4 is 9.80 Å². The van der Waals surface area contributed by atoms with E-state index in [-0.39, 0.29) is 0 Å². The molecular formula is C45H32N2O. The zero-order valence-corrected chi connectivity index (χ0v) is 26.5. The van der Waals surface area contributed by atoms with Crippen LogP contribution >= 0.6 is 0 Å². The maximum atomic E-state index is 6.24. The molecule has 0 aliphatic rings. The molecule has 0 bridgehead atoms. The van der Waals surface area contributed by atoms with E-state index < -0.39 is 0 Å². The van der Waals surface area contributed by atoms with Crippen molar-refractivity contribution in [1.29, 1.82) is 0 Å². The molecule has 3 heteroatoms. The van der Waals surface area contributed by atoms with E-state index in [2.05, 4.69) is 181 Å². The molecule has 228 valence electrons. The molecule has 1 heterocycles. The second-order valence-electron chi connectivity index (χ2n) is 12.3. The molecule has 0 N–H and O–H groups in total. The number of rotatable bonds is 6. The molecule has 0 saturated carbocycles. The lowest BCUT2D eigenvalue weighted by atomic mass is 10.0. The van der Waals surface area contributed by atoms with Crippen LogP contribution in [0, 0.1) is 6.92 Å². The van der Waals surface area contributed by atoms with Gasteiger partial charge in [0.25, 0.3) is 0 Å². The van der Waals surface area contributed by atoms with Crippen molar-refractivity contribution in [2.45, 2.75) is 6.92 Å². The van der Waals surface area contributed by atoms with Gasteiger partial charge in [-0.05, 0) is 83.9 Å². The Kier molecular flexibility index (Phi) is 6.69. The highest BCUT2D eigenvalue weighted by molar-refractivity contribution is 6.08. The second-order valence-corrected chi connectivity index (χ2v) is 12.3. The highest BCUT2D eigenvalue weighted by atomic mass is 16.3. The van der Waals surface area contributed by atoms with Gasteiger partial charge in [0.15, 0.2) is 0 Å². The van der Waals surface area contributed by atoms with E-state index in [4.69, 9.17) is 4.42 Å². The van der Waals surface area contributed by atoms with Gasteiger partial charge in [-0.25, -0.2) is 0 Å². The number of anilines is 6. The van der Waals surface area contributed by atoms with Crippen molar-refractivity contribution >= 4 is 77.6 Å². The molecule has 3 nitrogen and oxygen atoms in total. The maximum absolute atomic E-state index is 6.24. The molecule has 0 aliphatic heterocycles. The first-order chi connectivity index (χ1) is 23.7. The fourth-order valence-corrected chi connectivity index (χ4v) is 7.05. The monoisotopic (exact) mass is 616 g/mol. The van der Waals surface area contributed by atoms with Gasteiger partial charge in [0.05, 0.1) is 17.1 Å². The van der Waals surface area contributed by atoms with Gasteiger partial charge in [0.2, 0.25) is 0 Å². The number of furan rings is 1. The summed E-state index contributed by atoms with van der Waals surface area (Å²) in [6.45, 7) is 2.20. The van der Waals surface area contributed by atoms with Crippen LogP contribution in [-0.2, 0) is 0 Å². The lowest BCUT2D eigenvalue weighted by Gasteiger charge is -2.31. The summed E-state index contributed by atoms with van der Waals surface area (Å²) in [5, 5.41) is 7.02. The van der Waals surface area contributed by atoms with E-state index in [1.54, 1.807) is 0 Å². The second kappa shape index (κ2) is 11.5. The lowest BCUT2D eigenvalue weighted by Crippen LogP contribution is -2.14. The van der Waals surface area contributed by atoms with Crippen LogP contribution in [-0.4, -0.2) is 0 Å². The third-order valence-electron chi connectivity index (χ3n) is 9.34. The van der Waals surface area contributed by atoms with Gasteiger partial charge in [-0.3, -0.25) is 0 Å². The molecule has 0 unspecified atom stereocenters. The average molecular weight is 617 g/mol. The van der Waals surface area contributed by atoms with Crippen molar-refractivity contribution < 1.29 is 4.42 Å². The van der Waals surface area contributed by atoms with E-state index in [1.807, 2.05) is 12.1 Å². The molecule has 0 atom stereocenters. The zero-order valence-electron chi connectivity index (χ0n) is 26.5. The first kappa shape index (κ1) is 27.9. The molecule has 0 spiro atoms. The molecule has 0 fully saturated rings. The van der Waals surface area contributed by atoms with E-state index in [9.17, 15) is 0 Å². The number of hydrogen-bond donors (Lipinski definition) is 0. The summed E-state index contributed by atoms with van der Waals surface area (Å²) < 4.78 is 6.24. The molecule has 0 amide bonds. The first-order valence-corrected chi connectivity index (χ1v) is 16.4. The van der Waals surface area contributed by atoms with E-state index >= 15 is 0 Å². The predicted molar refractivity (Wildman–Crippen MR) is 203 cm³/mol. The molecule has 8 aromatic carbocycles. The summed E-state index contributed by atoms with van der Waals surface area (Å²) >= 11 is 0. The van der Waals surface area contributed by atoms with Gasteiger partial charge in [-0.1, -0.05) is 115 Å². The molecular weight excluding hydrogens is 585 g/mol. The van der Waals surface area contributed by atoms with E-state index in [0.717, 1.165) is 56.1 Å². The third-order valence-corrected chi connectivity index (χ3v) is 9.34. The van der Waals surface area contributed by atoms with Crippen molar-refractivity contribution in [3.05, 3.63) is 181 Å². The van der Waals surface area contributed by atoms with Crippen LogP contribution in [0.4, 0.5) is 34.1 Å². The largest absolute Gasteiger partial charge is 0.456 e.